The van der Waals surface area contributed by atoms with Crippen molar-refractivity contribution < 1.29 is 9.18 Å². The minimum absolute atomic E-state index is 0.0828. The van der Waals surface area contributed by atoms with Crippen LogP contribution in [0.4, 0.5) is 4.39 Å². The van der Waals surface area contributed by atoms with E-state index in [-0.39, 0.29) is 23.6 Å². The minimum atomic E-state index is -0.226. The number of halogens is 1. The van der Waals surface area contributed by atoms with Crippen molar-refractivity contribution >= 4 is 5.91 Å². The summed E-state index contributed by atoms with van der Waals surface area (Å²) in [5.41, 5.74) is 6.79. The highest BCUT2D eigenvalue weighted by Crippen LogP contribution is 2.49. The van der Waals surface area contributed by atoms with Crippen LogP contribution >= 0.6 is 0 Å². The molecule has 1 aliphatic carbocycles. The maximum Gasteiger partial charge on any atom is 0.226 e. The van der Waals surface area contributed by atoms with Gasteiger partial charge in [-0.3, -0.25) is 4.79 Å². The number of hydrogen-bond donors (Lipinski definition) is 1. The van der Waals surface area contributed by atoms with Crippen molar-refractivity contribution in [2.45, 2.75) is 31.7 Å². The van der Waals surface area contributed by atoms with Gasteiger partial charge in [-0.1, -0.05) is 12.1 Å². The third-order valence-corrected chi connectivity index (χ3v) is 4.68. The number of rotatable bonds is 3. The van der Waals surface area contributed by atoms with E-state index in [4.69, 9.17) is 5.73 Å². The number of likely N-dealkylation sites (tertiary alicyclic amines) is 1. The quantitative estimate of drug-likeness (QED) is 0.919. The Balaban J connectivity index is 1.64. The molecular weight excluding hydrogens is 255 g/mol. The zero-order valence-electron chi connectivity index (χ0n) is 11.8. The molecule has 108 valence electrons. The molecule has 0 aromatic heterocycles. The monoisotopic (exact) mass is 276 g/mol. The summed E-state index contributed by atoms with van der Waals surface area (Å²) < 4.78 is 12.9. The summed E-state index contributed by atoms with van der Waals surface area (Å²) in [6.07, 6.45) is 1.90. The van der Waals surface area contributed by atoms with Crippen molar-refractivity contribution in [2.24, 2.45) is 17.6 Å². The predicted octanol–water partition coefficient (Wildman–Crippen LogP) is 2.12. The molecule has 1 amide bonds. The molecule has 1 saturated carbocycles. The molecule has 0 spiro atoms. The molecule has 3 rings (SSSR count). The lowest BCUT2D eigenvalue weighted by molar-refractivity contribution is -0.133. The van der Waals surface area contributed by atoms with Crippen LogP contribution in [0.5, 0.6) is 0 Å². The summed E-state index contributed by atoms with van der Waals surface area (Å²) in [6, 6.07) is 6.83. The Morgan fingerprint density at radius 3 is 2.65 bits per heavy atom. The second-order valence-corrected chi connectivity index (χ2v) is 6.18. The lowest BCUT2D eigenvalue weighted by Crippen LogP contribution is -2.35. The third kappa shape index (κ3) is 2.44. The Bertz CT molecular complexity index is 502. The summed E-state index contributed by atoms with van der Waals surface area (Å²) in [4.78, 5) is 14.5. The average Bonchev–Trinajstić information content (AvgIpc) is 3.15. The van der Waals surface area contributed by atoms with Gasteiger partial charge in [0.05, 0.1) is 0 Å². The molecule has 20 heavy (non-hydrogen) atoms. The summed E-state index contributed by atoms with van der Waals surface area (Å²) >= 11 is 0. The van der Waals surface area contributed by atoms with Crippen LogP contribution in [0, 0.1) is 17.7 Å². The van der Waals surface area contributed by atoms with Gasteiger partial charge in [0.25, 0.3) is 0 Å². The van der Waals surface area contributed by atoms with Crippen LogP contribution in [-0.2, 0) is 4.79 Å². The first-order valence-electron chi connectivity index (χ1n) is 7.36. The van der Waals surface area contributed by atoms with Crippen LogP contribution in [0.25, 0.3) is 0 Å². The molecule has 2 fully saturated rings. The molecule has 0 radical (unpaired) electrons. The van der Waals surface area contributed by atoms with Gasteiger partial charge in [0, 0.05) is 18.5 Å². The Morgan fingerprint density at radius 2 is 2.05 bits per heavy atom. The molecular formula is C16H21FN2O. The first-order valence-corrected chi connectivity index (χ1v) is 7.36. The van der Waals surface area contributed by atoms with Crippen LogP contribution in [0.2, 0.25) is 0 Å². The van der Waals surface area contributed by atoms with Gasteiger partial charge in [0.15, 0.2) is 0 Å². The number of carbonyl (C=O) groups is 1. The van der Waals surface area contributed by atoms with E-state index in [0.29, 0.717) is 18.5 Å². The maximum absolute atomic E-state index is 12.9. The normalized spacial score (nSPS) is 32.5. The molecule has 1 aliphatic heterocycles. The minimum Gasteiger partial charge on any atom is -0.339 e. The second kappa shape index (κ2) is 5.17. The smallest absolute Gasteiger partial charge is 0.226 e. The number of nitrogens with zero attached hydrogens (tertiary/aromatic N) is 1. The van der Waals surface area contributed by atoms with E-state index in [9.17, 15) is 9.18 Å². The fourth-order valence-electron chi connectivity index (χ4n) is 3.38. The first kappa shape index (κ1) is 13.6. The second-order valence-electron chi connectivity index (χ2n) is 6.18. The summed E-state index contributed by atoms with van der Waals surface area (Å²) in [5.74, 6) is 0.822. The van der Waals surface area contributed by atoms with Gasteiger partial charge in [-0.25, -0.2) is 4.39 Å². The fourth-order valence-corrected chi connectivity index (χ4v) is 3.38. The third-order valence-electron chi connectivity index (χ3n) is 4.68. The van der Waals surface area contributed by atoms with Gasteiger partial charge in [-0.15, -0.1) is 0 Å². The van der Waals surface area contributed by atoms with Gasteiger partial charge in [0.1, 0.15) is 5.82 Å². The Kier molecular flexibility index (Phi) is 3.50. The highest BCUT2D eigenvalue weighted by Gasteiger charge is 2.47. The van der Waals surface area contributed by atoms with Gasteiger partial charge >= 0.3 is 0 Å². The summed E-state index contributed by atoms with van der Waals surface area (Å²) in [6.45, 7) is 3.55. The topological polar surface area (TPSA) is 46.3 Å². The zero-order valence-corrected chi connectivity index (χ0v) is 11.8. The standard InChI is InChI=1S/C16H21FN2O/c1-10-6-11(8-18)9-19(10)16(20)15-7-14(15)12-2-4-13(17)5-3-12/h2-5,10-11,14-15H,6-9,18H2,1H3. The van der Waals surface area contributed by atoms with Gasteiger partial charge < -0.3 is 10.6 Å². The zero-order chi connectivity index (χ0) is 14.3. The fraction of sp³-hybridized carbons (Fsp3) is 0.562. The molecule has 2 aliphatic rings. The van der Waals surface area contributed by atoms with E-state index in [1.54, 1.807) is 12.1 Å². The van der Waals surface area contributed by atoms with Crippen LogP contribution in [0.1, 0.15) is 31.2 Å². The van der Waals surface area contributed by atoms with Crippen molar-refractivity contribution in [3.05, 3.63) is 35.6 Å². The van der Waals surface area contributed by atoms with Gasteiger partial charge in [-0.2, -0.15) is 0 Å². The SMILES string of the molecule is CC1CC(CN)CN1C(=O)C1CC1c1ccc(F)cc1. The molecule has 1 heterocycles. The van der Waals surface area contributed by atoms with E-state index in [1.165, 1.54) is 12.1 Å². The number of carbonyl (C=O) groups excluding carboxylic acids is 1. The first-order chi connectivity index (χ1) is 9.60. The van der Waals surface area contributed by atoms with E-state index >= 15 is 0 Å². The molecule has 1 aromatic rings. The van der Waals surface area contributed by atoms with Crippen molar-refractivity contribution in [2.75, 3.05) is 13.1 Å². The van der Waals surface area contributed by atoms with Crippen LogP contribution < -0.4 is 5.73 Å². The molecule has 4 atom stereocenters. The van der Waals surface area contributed by atoms with Crippen LogP contribution in [-0.4, -0.2) is 29.9 Å². The number of amides is 1. The van der Waals surface area contributed by atoms with Crippen molar-refractivity contribution in [3.8, 4) is 0 Å². The number of benzene rings is 1. The highest BCUT2D eigenvalue weighted by atomic mass is 19.1. The highest BCUT2D eigenvalue weighted by molar-refractivity contribution is 5.83. The maximum atomic E-state index is 12.9. The molecule has 1 saturated heterocycles. The number of hydrogen-bond acceptors (Lipinski definition) is 2. The Morgan fingerprint density at radius 1 is 1.35 bits per heavy atom. The van der Waals surface area contributed by atoms with E-state index in [0.717, 1.165) is 24.9 Å². The average molecular weight is 276 g/mol. The Hall–Kier alpha value is -1.42. The van der Waals surface area contributed by atoms with Gasteiger partial charge in [-0.05, 0) is 55.8 Å². The predicted molar refractivity (Wildman–Crippen MR) is 75.6 cm³/mol. The lowest BCUT2D eigenvalue weighted by Gasteiger charge is -2.21. The van der Waals surface area contributed by atoms with E-state index in [1.807, 2.05) is 4.90 Å². The summed E-state index contributed by atoms with van der Waals surface area (Å²) in [7, 11) is 0. The molecule has 1 aromatic carbocycles. The molecule has 0 bridgehead atoms. The van der Waals surface area contributed by atoms with Crippen molar-refractivity contribution in [1.29, 1.82) is 0 Å². The molecule has 2 N–H and O–H groups in total. The lowest BCUT2D eigenvalue weighted by atomic mass is 10.1. The summed E-state index contributed by atoms with van der Waals surface area (Å²) in [5, 5.41) is 0. The number of nitrogens with two attached hydrogens (primary N) is 1. The largest absolute Gasteiger partial charge is 0.339 e. The van der Waals surface area contributed by atoms with E-state index < -0.39 is 0 Å². The van der Waals surface area contributed by atoms with Crippen molar-refractivity contribution in [3.63, 3.8) is 0 Å². The molecule has 4 heteroatoms. The van der Waals surface area contributed by atoms with Crippen LogP contribution in [0.15, 0.2) is 24.3 Å². The van der Waals surface area contributed by atoms with Gasteiger partial charge in [0.2, 0.25) is 5.91 Å². The van der Waals surface area contributed by atoms with E-state index in [2.05, 4.69) is 6.92 Å². The molecule has 4 unspecified atom stereocenters. The van der Waals surface area contributed by atoms with Crippen molar-refractivity contribution in [1.82, 2.24) is 4.90 Å². The molecule has 3 nitrogen and oxygen atoms in total. The Labute approximate surface area is 118 Å². The van der Waals surface area contributed by atoms with Crippen LogP contribution in [0.3, 0.4) is 0 Å².